The van der Waals surface area contributed by atoms with E-state index in [1.54, 1.807) is 12.1 Å². The van der Waals surface area contributed by atoms with E-state index in [4.69, 9.17) is 5.73 Å². The number of phenolic OH excluding ortho intramolecular Hbond substituents is 1. The minimum atomic E-state index is -0.546. The van der Waals surface area contributed by atoms with Crippen LogP contribution in [0.15, 0.2) is 16.6 Å². The van der Waals surface area contributed by atoms with Crippen molar-refractivity contribution in [2.24, 2.45) is 0 Å². The lowest BCUT2D eigenvalue weighted by atomic mass is 10.0. The molecule has 1 aliphatic heterocycles. The summed E-state index contributed by atoms with van der Waals surface area (Å²) in [5.41, 5.74) is 6.51. The number of nitrogen functional groups attached to an aromatic ring is 1. The first-order valence-electron chi connectivity index (χ1n) is 5.92. The van der Waals surface area contributed by atoms with Crippen LogP contribution in [0, 0.1) is 0 Å². The van der Waals surface area contributed by atoms with Crippen LogP contribution >= 0.6 is 15.9 Å². The number of halogens is 2. The van der Waals surface area contributed by atoms with Gasteiger partial charge in [0.2, 0.25) is 0 Å². The van der Waals surface area contributed by atoms with Gasteiger partial charge < -0.3 is 16.2 Å². The molecule has 0 unspecified atom stereocenters. The van der Waals surface area contributed by atoms with E-state index in [-0.39, 0.29) is 11.4 Å². The van der Waals surface area contributed by atoms with Gasteiger partial charge in [0.15, 0.2) is 0 Å². The largest absolute Gasteiger partial charge is 0.505 e. The number of hydrogen-bond acceptors (Lipinski definition) is 4. The molecule has 0 amide bonds. The molecular formula is C12H17BrFN3O. The molecule has 1 saturated heterocycles. The Hall–Kier alpha value is -0.850. The van der Waals surface area contributed by atoms with E-state index in [0.717, 1.165) is 26.2 Å². The van der Waals surface area contributed by atoms with E-state index in [9.17, 15) is 9.50 Å². The number of phenols is 1. The first kappa shape index (κ1) is 13.6. The fraction of sp³-hybridized carbons (Fsp3) is 0.500. The fourth-order valence-electron chi connectivity index (χ4n) is 2.27. The van der Waals surface area contributed by atoms with E-state index < -0.39 is 12.7 Å². The maximum absolute atomic E-state index is 13.4. The fourth-order valence-corrected chi connectivity index (χ4v) is 2.85. The van der Waals surface area contributed by atoms with Crippen LogP contribution in [0.1, 0.15) is 11.6 Å². The normalized spacial score (nSPS) is 18.8. The molecule has 0 saturated carbocycles. The van der Waals surface area contributed by atoms with Gasteiger partial charge in [0.25, 0.3) is 0 Å². The van der Waals surface area contributed by atoms with Gasteiger partial charge >= 0.3 is 0 Å². The van der Waals surface area contributed by atoms with Crippen LogP contribution in [0.4, 0.5) is 10.1 Å². The van der Waals surface area contributed by atoms with Crippen LogP contribution in [0.2, 0.25) is 0 Å². The number of aromatic hydroxyl groups is 1. The zero-order valence-electron chi connectivity index (χ0n) is 10.00. The quantitative estimate of drug-likeness (QED) is 0.586. The highest BCUT2D eigenvalue weighted by Crippen LogP contribution is 2.38. The second kappa shape index (κ2) is 5.86. The molecule has 0 spiro atoms. The van der Waals surface area contributed by atoms with Crippen molar-refractivity contribution in [2.45, 2.75) is 6.04 Å². The monoisotopic (exact) mass is 317 g/mol. The molecule has 2 rings (SSSR count). The predicted octanol–water partition coefficient (Wildman–Crippen LogP) is 1.65. The number of rotatable bonds is 3. The maximum Gasteiger partial charge on any atom is 0.144 e. The van der Waals surface area contributed by atoms with Gasteiger partial charge in [-0.05, 0) is 12.1 Å². The Bertz CT molecular complexity index is 424. The Morgan fingerprint density at radius 1 is 1.44 bits per heavy atom. The molecule has 0 aromatic heterocycles. The second-order valence-electron chi connectivity index (χ2n) is 4.35. The van der Waals surface area contributed by atoms with Crippen LogP contribution in [-0.4, -0.2) is 42.9 Å². The van der Waals surface area contributed by atoms with E-state index >= 15 is 0 Å². The molecule has 1 atom stereocenters. The zero-order chi connectivity index (χ0) is 13.1. The maximum atomic E-state index is 13.4. The minimum absolute atomic E-state index is 0.0226. The molecule has 1 heterocycles. The van der Waals surface area contributed by atoms with Crippen molar-refractivity contribution in [3.8, 4) is 5.75 Å². The highest BCUT2D eigenvalue weighted by molar-refractivity contribution is 9.10. The first-order valence-corrected chi connectivity index (χ1v) is 6.72. The third kappa shape index (κ3) is 2.60. The first-order chi connectivity index (χ1) is 8.65. The van der Waals surface area contributed by atoms with Gasteiger partial charge in [-0.1, -0.05) is 15.9 Å². The van der Waals surface area contributed by atoms with Crippen molar-refractivity contribution >= 4 is 21.6 Å². The highest BCUT2D eigenvalue weighted by Gasteiger charge is 2.27. The number of alkyl halides is 1. The second-order valence-corrected chi connectivity index (χ2v) is 5.21. The number of piperazine rings is 1. The Morgan fingerprint density at radius 3 is 2.72 bits per heavy atom. The Kier molecular flexibility index (Phi) is 4.42. The van der Waals surface area contributed by atoms with Gasteiger partial charge in [0.05, 0.1) is 11.7 Å². The lowest BCUT2D eigenvalue weighted by Crippen LogP contribution is -2.45. The van der Waals surface area contributed by atoms with Crippen LogP contribution in [-0.2, 0) is 0 Å². The summed E-state index contributed by atoms with van der Waals surface area (Å²) < 4.78 is 14.1. The molecule has 0 radical (unpaired) electrons. The lowest BCUT2D eigenvalue weighted by Gasteiger charge is -2.34. The Balaban J connectivity index is 2.34. The molecule has 1 aromatic rings. The number of hydrogen-bond donors (Lipinski definition) is 3. The predicted molar refractivity (Wildman–Crippen MR) is 73.4 cm³/mol. The van der Waals surface area contributed by atoms with Gasteiger partial charge in [-0.25, -0.2) is 4.39 Å². The van der Waals surface area contributed by atoms with Gasteiger partial charge in [0, 0.05) is 36.2 Å². The number of nitrogens with one attached hydrogen (secondary N) is 1. The molecule has 1 fully saturated rings. The summed E-state index contributed by atoms with van der Waals surface area (Å²) >= 11 is 3.36. The van der Waals surface area contributed by atoms with E-state index in [2.05, 4.69) is 21.2 Å². The highest BCUT2D eigenvalue weighted by atomic mass is 79.9. The van der Waals surface area contributed by atoms with Gasteiger partial charge in [-0.3, -0.25) is 4.90 Å². The smallest absolute Gasteiger partial charge is 0.144 e. The Morgan fingerprint density at radius 2 is 2.11 bits per heavy atom. The average Bonchev–Trinajstić information content (AvgIpc) is 2.40. The van der Waals surface area contributed by atoms with Gasteiger partial charge in [0.1, 0.15) is 12.4 Å². The lowest BCUT2D eigenvalue weighted by molar-refractivity contribution is 0.145. The summed E-state index contributed by atoms with van der Waals surface area (Å²) in [5, 5.41) is 13.3. The summed E-state index contributed by atoms with van der Waals surface area (Å²) in [6, 6.07) is 2.90. The molecule has 0 bridgehead atoms. The molecular weight excluding hydrogens is 301 g/mol. The Labute approximate surface area is 114 Å². The summed E-state index contributed by atoms with van der Waals surface area (Å²) in [7, 11) is 0. The number of nitrogens with zero attached hydrogens (tertiary/aromatic N) is 1. The third-order valence-corrected chi connectivity index (χ3v) is 3.96. The average molecular weight is 318 g/mol. The van der Waals surface area contributed by atoms with Crippen molar-refractivity contribution < 1.29 is 9.50 Å². The van der Waals surface area contributed by atoms with Crippen molar-refractivity contribution in [1.29, 1.82) is 0 Å². The van der Waals surface area contributed by atoms with Crippen molar-refractivity contribution in [1.82, 2.24) is 10.2 Å². The van der Waals surface area contributed by atoms with E-state index in [1.165, 1.54) is 0 Å². The van der Waals surface area contributed by atoms with Crippen molar-refractivity contribution in [3.05, 3.63) is 22.2 Å². The van der Waals surface area contributed by atoms with Gasteiger partial charge in [-0.15, -0.1) is 0 Å². The summed E-state index contributed by atoms with van der Waals surface area (Å²) in [4.78, 5) is 2.02. The number of benzene rings is 1. The third-order valence-electron chi connectivity index (χ3n) is 3.27. The molecule has 4 nitrogen and oxygen atoms in total. The molecule has 0 aliphatic carbocycles. The van der Waals surface area contributed by atoms with Crippen molar-refractivity contribution in [2.75, 3.05) is 38.6 Å². The summed E-state index contributed by atoms with van der Waals surface area (Å²) in [6.45, 7) is 2.63. The minimum Gasteiger partial charge on any atom is -0.505 e. The summed E-state index contributed by atoms with van der Waals surface area (Å²) in [6.07, 6.45) is 0. The van der Waals surface area contributed by atoms with Crippen LogP contribution in [0.25, 0.3) is 0 Å². The van der Waals surface area contributed by atoms with Crippen LogP contribution in [0.3, 0.4) is 0 Å². The zero-order valence-corrected chi connectivity index (χ0v) is 11.6. The van der Waals surface area contributed by atoms with Gasteiger partial charge in [-0.2, -0.15) is 0 Å². The standard InChI is InChI=1S/C12H17BrFN3O/c13-8-1-2-9(15)12(18)11(8)10(7-14)17-5-3-16-4-6-17/h1-2,10,16,18H,3-7,15H2/t10-/m1/s1. The molecule has 18 heavy (non-hydrogen) atoms. The molecule has 6 heteroatoms. The van der Waals surface area contributed by atoms with Crippen molar-refractivity contribution in [3.63, 3.8) is 0 Å². The molecule has 1 aliphatic rings. The van der Waals surface area contributed by atoms with Crippen LogP contribution < -0.4 is 11.1 Å². The number of anilines is 1. The van der Waals surface area contributed by atoms with Crippen LogP contribution in [0.5, 0.6) is 5.75 Å². The summed E-state index contributed by atoms with van der Waals surface area (Å²) in [5.74, 6) is -0.0226. The molecule has 1 aromatic carbocycles. The SMILES string of the molecule is Nc1ccc(Br)c([C@@H](CF)N2CCNCC2)c1O. The molecule has 100 valence electrons. The molecule has 4 N–H and O–H groups in total. The topological polar surface area (TPSA) is 61.5 Å². The van der Waals surface area contributed by atoms with E-state index in [0.29, 0.717) is 10.0 Å². The number of nitrogens with two attached hydrogens (primary N) is 1. The van der Waals surface area contributed by atoms with E-state index in [1.807, 2.05) is 4.90 Å².